The van der Waals surface area contributed by atoms with Gasteiger partial charge in [-0.1, -0.05) is 6.07 Å². The van der Waals surface area contributed by atoms with Crippen LogP contribution in [0.5, 0.6) is 5.75 Å². The molecule has 3 rings (SSSR count). The first-order valence-corrected chi connectivity index (χ1v) is 7.63. The molecule has 26 heavy (non-hydrogen) atoms. The zero-order valence-corrected chi connectivity index (χ0v) is 14.1. The summed E-state index contributed by atoms with van der Waals surface area (Å²) in [4.78, 5) is 36.0. The van der Waals surface area contributed by atoms with Gasteiger partial charge in [0.25, 0.3) is 5.91 Å². The quantitative estimate of drug-likeness (QED) is 0.572. The van der Waals surface area contributed by atoms with Gasteiger partial charge in [0.05, 0.1) is 25.3 Å². The fourth-order valence-corrected chi connectivity index (χ4v) is 2.50. The normalized spacial score (nSPS) is 10.4. The van der Waals surface area contributed by atoms with Crippen molar-refractivity contribution in [3.05, 3.63) is 70.1 Å². The average Bonchev–Trinajstić information content (AvgIpc) is 2.66. The number of esters is 1. The number of amides is 1. The van der Waals surface area contributed by atoms with Crippen LogP contribution in [-0.4, -0.2) is 26.1 Å². The van der Waals surface area contributed by atoms with Gasteiger partial charge in [0.1, 0.15) is 11.3 Å². The lowest BCUT2D eigenvalue weighted by Gasteiger charge is -2.09. The number of fused-ring (bicyclic) bond motifs is 1. The van der Waals surface area contributed by atoms with Crippen LogP contribution in [0, 0.1) is 0 Å². The van der Waals surface area contributed by atoms with Gasteiger partial charge in [-0.2, -0.15) is 0 Å². The summed E-state index contributed by atoms with van der Waals surface area (Å²) in [5, 5.41) is 3.13. The summed E-state index contributed by atoms with van der Waals surface area (Å²) in [5.74, 6) is -0.516. The molecule has 0 aliphatic rings. The van der Waals surface area contributed by atoms with Crippen LogP contribution in [0.1, 0.15) is 20.7 Å². The number of methoxy groups -OCH3 is 2. The average molecular weight is 353 g/mol. The lowest BCUT2D eigenvalue weighted by atomic mass is 10.1. The maximum Gasteiger partial charge on any atom is 0.337 e. The maximum atomic E-state index is 12.6. The molecule has 1 amide bonds. The highest BCUT2D eigenvalue weighted by atomic mass is 16.5. The van der Waals surface area contributed by atoms with Crippen LogP contribution in [0.15, 0.2) is 57.7 Å². The standard InChI is InChI=1S/C19H15NO6/c1-24-13-6-7-14-15(10-17(21)26-16(14)9-13)18(22)20-12-5-3-4-11(8-12)19(23)25-2/h3-10H,1-2H3,(H,20,22). The Hall–Kier alpha value is -3.61. The highest BCUT2D eigenvalue weighted by Gasteiger charge is 2.15. The molecule has 0 aliphatic carbocycles. The van der Waals surface area contributed by atoms with E-state index in [9.17, 15) is 14.4 Å². The Morgan fingerprint density at radius 1 is 1.04 bits per heavy atom. The summed E-state index contributed by atoms with van der Waals surface area (Å²) in [6, 6.07) is 12.2. The number of carbonyl (C=O) groups excluding carboxylic acids is 2. The third-order valence-electron chi connectivity index (χ3n) is 3.74. The highest BCUT2D eigenvalue weighted by molar-refractivity contribution is 6.12. The van der Waals surface area contributed by atoms with Crippen molar-refractivity contribution in [2.75, 3.05) is 19.5 Å². The molecule has 1 aromatic heterocycles. The lowest BCUT2D eigenvalue weighted by Crippen LogP contribution is -2.15. The Morgan fingerprint density at radius 3 is 2.58 bits per heavy atom. The number of benzene rings is 2. The summed E-state index contributed by atoms with van der Waals surface area (Å²) in [7, 11) is 2.77. The van der Waals surface area contributed by atoms with Crippen LogP contribution in [0.3, 0.4) is 0 Å². The predicted octanol–water partition coefficient (Wildman–Crippen LogP) is 2.84. The van der Waals surface area contributed by atoms with Gasteiger partial charge in [0.2, 0.25) is 0 Å². The van der Waals surface area contributed by atoms with Crippen LogP contribution in [0.25, 0.3) is 11.0 Å². The first-order valence-electron chi connectivity index (χ1n) is 7.63. The summed E-state index contributed by atoms with van der Waals surface area (Å²) in [5.41, 5.74) is 0.437. The van der Waals surface area contributed by atoms with E-state index < -0.39 is 17.5 Å². The van der Waals surface area contributed by atoms with Crippen molar-refractivity contribution in [2.24, 2.45) is 0 Å². The van der Waals surface area contributed by atoms with Crippen LogP contribution < -0.4 is 15.7 Å². The smallest absolute Gasteiger partial charge is 0.337 e. The Bertz CT molecular complexity index is 1050. The number of nitrogens with one attached hydrogen (secondary N) is 1. The molecule has 0 unspecified atom stereocenters. The van der Waals surface area contributed by atoms with Crippen LogP contribution >= 0.6 is 0 Å². The first kappa shape index (κ1) is 17.2. The van der Waals surface area contributed by atoms with Gasteiger partial charge in [-0.05, 0) is 30.3 Å². The second kappa shape index (κ2) is 7.10. The van der Waals surface area contributed by atoms with Gasteiger partial charge >= 0.3 is 11.6 Å². The predicted molar refractivity (Wildman–Crippen MR) is 94.8 cm³/mol. The van der Waals surface area contributed by atoms with E-state index in [1.807, 2.05) is 0 Å². The van der Waals surface area contributed by atoms with E-state index in [4.69, 9.17) is 9.15 Å². The SMILES string of the molecule is COC(=O)c1cccc(NC(=O)c2cc(=O)oc3cc(OC)ccc23)c1. The lowest BCUT2D eigenvalue weighted by molar-refractivity contribution is 0.0600. The second-order valence-electron chi connectivity index (χ2n) is 5.37. The molecule has 0 saturated carbocycles. The van der Waals surface area contributed by atoms with Crippen molar-refractivity contribution in [1.29, 1.82) is 0 Å². The molecule has 7 nitrogen and oxygen atoms in total. The Morgan fingerprint density at radius 2 is 1.85 bits per heavy atom. The summed E-state index contributed by atoms with van der Waals surface area (Å²) in [6.45, 7) is 0. The van der Waals surface area contributed by atoms with Gasteiger partial charge in [0, 0.05) is 23.2 Å². The molecule has 0 fully saturated rings. The van der Waals surface area contributed by atoms with Gasteiger partial charge in [-0.25, -0.2) is 9.59 Å². The maximum absolute atomic E-state index is 12.6. The third-order valence-corrected chi connectivity index (χ3v) is 3.74. The number of anilines is 1. The molecule has 0 spiro atoms. The van der Waals surface area contributed by atoms with Crippen molar-refractivity contribution < 1.29 is 23.5 Å². The van der Waals surface area contributed by atoms with Gasteiger partial charge in [-0.15, -0.1) is 0 Å². The molecular weight excluding hydrogens is 338 g/mol. The number of hydrogen-bond acceptors (Lipinski definition) is 6. The van der Waals surface area contributed by atoms with Crippen molar-refractivity contribution in [1.82, 2.24) is 0 Å². The molecule has 0 radical (unpaired) electrons. The molecular formula is C19H15NO6. The Balaban J connectivity index is 1.98. The third kappa shape index (κ3) is 3.41. The number of ether oxygens (including phenoxy) is 2. The number of rotatable bonds is 4. The van der Waals surface area contributed by atoms with Crippen molar-refractivity contribution in [2.45, 2.75) is 0 Å². The van der Waals surface area contributed by atoms with E-state index in [-0.39, 0.29) is 11.1 Å². The molecule has 132 valence electrons. The highest BCUT2D eigenvalue weighted by Crippen LogP contribution is 2.23. The topological polar surface area (TPSA) is 94.8 Å². The Kier molecular flexibility index (Phi) is 4.70. The minimum absolute atomic E-state index is 0.155. The number of hydrogen-bond donors (Lipinski definition) is 1. The summed E-state index contributed by atoms with van der Waals surface area (Å²) < 4.78 is 14.9. The van der Waals surface area contributed by atoms with Gasteiger partial charge in [-0.3, -0.25) is 4.79 Å². The van der Waals surface area contributed by atoms with E-state index in [1.165, 1.54) is 26.4 Å². The van der Waals surface area contributed by atoms with E-state index in [0.29, 0.717) is 22.4 Å². The van der Waals surface area contributed by atoms with Gasteiger partial charge in [0.15, 0.2) is 0 Å². The van der Waals surface area contributed by atoms with Crippen molar-refractivity contribution >= 4 is 28.5 Å². The van der Waals surface area contributed by atoms with Crippen LogP contribution in [0.2, 0.25) is 0 Å². The van der Waals surface area contributed by atoms with E-state index in [0.717, 1.165) is 6.07 Å². The van der Waals surface area contributed by atoms with Crippen LogP contribution in [-0.2, 0) is 4.74 Å². The van der Waals surface area contributed by atoms with Gasteiger partial charge < -0.3 is 19.2 Å². The number of carbonyl (C=O) groups is 2. The fraction of sp³-hybridized carbons (Fsp3) is 0.105. The molecule has 3 aromatic rings. The van der Waals surface area contributed by atoms with Crippen molar-refractivity contribution in [3.8, 4) is 5.75 Å². The molecule has 7 heteroatoms. The Labute approximate surface area is 148 Å². The monoisotopic (exact) mass is 353 g/mol. The minimum Gasteiger partial charge on any atom is -0.497 e. The summed E-state index contributed by atoms with van der Waals surface area (Å²) in [6.07, 6.45) is 0. The molecule has 0 atom stereocenters. The second-order valence-corrected chi connectivity index (χ2v) is 5.37. The zero-order valence-electron chi connectivity index (χ0n) is 14.1. The molecule has 2 aromatic carbocycles. The summed E-state index contributed by atoms with van der Waals surface area (Å²) >= 11 is 0. The van der Waals surface area contributed by atoms with Crippen molar-refractivity contribution in [3.63, 3.8) is 0 Å². The minimum atomic E-state index is -0.654. The molecule has 1 heterocycles. The molecule has 0 aliphatic heterocycles. The van der Waals surface area contributed by atoms with E-state index in [2.05, 4.69) is 10.1 Å². The molecule has 0 saturated heterocycles. The molecule has 1 N–H and O–H groups in total. The fourth-order valence-electron chi connectivity index (χ4n) is 2.50. The zero-order chi connectivity index (χ0) is 18.7. The first-order chi connectivity index (χ1) is 12.5. The van der Waals surface area contributed by atoms with E-state index >= 15 is 0 Å². The van der Waals surface area contributed by atoms with Crippen LogP contribution in [0.4, 0.5) is 5.69 Å². The molecule has 0 bridgehead atoms. The largest absolute Gasteiger partial charge is 0.497 e. The van der Waals surface area contributed by atoms with E-state index in [1.54, 1.807) is 30.3 Å².